The van der Waals surface area contributed by atoms with Crippen molar-refractivity contribution in [3.8, 4) is 5.75 Å². The Labute approximate surface area is 110 Å². The van der Waals surface area contributed by atoms with Gasteiger partial charge in [-0.15, -0.1) is 0 Å². The van der Waals surface area contributed by atoms with E-state index in [0.29, 0.717) is 12.4 Å². The molecule has 5 nitrogen and oxygen atoms in total. The van der Waals surface area contributed by atoms with Crippen molar-refractivity contribution in [1.82, 2.24) is 14.9 Å². The Kier molecular flexibility index (Phi) is 3.79. The molecule has 0 saturated carbocycles. The minimum Gasteiger partial charge on any atom is -0.494 e. The molecule has 0 aliphatic rings. The molecule has 0 bridgehead atoms. The molecule has 0 atom stereocenters. The number of aromatic amines is 1. The molecule has 0 spiro atoms. The van der Waals surface area contributed by atoms with Gasteiger partial charge >= 0.3 is 0 Å². The van der Waals surface area contributed by atoms with E-state index in [2.05, 4.69) is 9.97 Å². The van der Waals surface area contributed by atoms with Crippen molar-refractivity contribution < 1.29 is 13.9 Å². The number of methoxy groups -OCH3 is 1. The molecule has 0 radical (unpaired) electrons. The van der Waals surface area contributed by atoms with Gasteiger partial charge in [0.05, 0.1) is 13.7 Å². The molecule has 0 aliphatic heterocycles. The maximum absolute atomic E-state index is 13.5. The Hall–Kier alpha value is -2.37. The molecule has 0 unspecified atom stereocenters. The smallest absolute Gasteiger partial charge is 0.254 e. The predicted molar refractivity (Wildman–Crippen MR) is 67.3 cm³/mol. The van der Waals surface area contributed by atoms with Crippen LogP contribution in [0.1, 0.15) is 16.2 Å². The van der Waals surface area contributed by atoms with E-state index in [1.807, 2.05) is 0 Å². The Morgan fingerprint density at radius 2 is 2.32 bits per heavy atom. The van der Waals surface area contributed by atoms with E-state index in [0.717, 1.165) is 0 Å². The molecule has 2 aromatic rings. The highest BCUT2D eigenvalue weighted by molar-refractivity contribution is 5.94. The lowest BCUT2D eigenvalue weighted by molar-refractivity contribution is 0.0781. The van der Waals surface area contributed by atoms with Crippen LogP contribution >= 0.6 is 0 Å². The maximum Gasteiger partial charge on any atom is 0.254 e. The monoisotopic (exact) mass is 263 g/mol. The maximum atomic E-state index is 13.5. The number of rotatable bonds is 4. The van der Waals surface area contributed by atoms with Gasteiger partial charge in [0.2, 0.25) is 0 Å². The highest BCUT2D eigenvalue weighted by atomic mass is 19.1. The summed E-state index contributed by atoms with van der Waals surface area (Å²) in [7, 11) is 3.01. The van der Waals surface area contributed by atoms with E-state index in [4.69, 9.17) is 4.74 Å². The molecule has 0 aliphatic carbocycles. The number of halogens is 1. The molecule has 1 amide bonds. The summed E-state index contributed by atoms with van der Waals surface area (Å²) in [6.07, 6.45) is 3.29. The standard InChI is InChI=1S/C13H14FN3O2/c1-17(8-12-15-5-6-16-12)13(18)9-3-4-11(19-2)10(14)7-9/h3-7H,8H2,1-2H3,(H,15,16). The van der Waals surface area contributed by atoms with Gasteiger partial charge in [-0.1, -0.05) is 0 Å². The second kappa shape index (κ2) is 5.51. The molecular formula is C13H14FN3O2. The molecule has 0 saturated heterocycles. The zero-order valence-corrected chi connectivity index (χ0v) is 10.7. The van der Waals surface area contributed by atoms with Gasteiger partial charge in [0.15, 0.2) is 11.6 Å². The van der Waals surface area contributed by atoms with Crippen LogP contribution in [0.4, 0.5) is 4.39 Å². The topological polar surface area (TPSA) is 58.2 Å². The third-order valence-electron chi connectivity index (χ3n) is 2.69. The number of carbonyl (C=O) groups excluding carboxylic acids is 1. The normalized spacial score (nSPS) is 10.3. The van der Waals surface area contributed by atoms with Gasteiger partial charge in [0.1, 0.15) is 5.82 Å². The summed E-state index contributed by atoms with van der Waals surface area (Å²) < 4.78 is 18.3. The van der Waals surface area contributed by atoms with E-state index >= 15 is 0 Å². The van der Waals surface area contributed by atoms with Crippen LogP contribution in [0.15, 0.2) is 30.6 Å². The van der Waals surface area contributed by atoms with Gasteiger partial charge in [-0.05, 0) is 18.2 Å². The number of aromatic nitrogens is 2. The fraction of sp³-hybridized carbons (Fsp3) is 0.231. The predicted octanol–water partition coefficient (Wildman–Crippen LogP) is 1.83. The fourth-order valence-corrected chi connectivity index (χ4v) is 1.70. The number of nitrogens with zero attached hydrogens (tertiary/aromatic N) is 2. The van der Waals surface area contributed by atoms with Crippen molar-refractivity contribution in [2.24, 2.45) is 0 Å². The van der Waals surface area contributed by atoms with Crippen LogP contribution in [-0.4, -0.2) is 34.9 Å². The van der Waals surface area contributed by atoms with E-state index in [1.165, 1.54) is 30.2 Å². The van der Waals surface area contributed by atoms with Gasteiger partial charge in [-0.3, -0.25) is 4.79 Å². The van der Waals surface area contributed by atoms with Crippen LogP contribution in [0.5, 0.6) is 5.75 Å². The van der Waals surface area contributed by atoms with E-state index in [-0.39, 0.29) is 17.2 Å². The molecule has 19 heavy (non-hydrogen) atoms. The van der Waals surface area contributed by atoms with Crippen molar-refractivity contribution >= 4 is 5.91 Å². The Bertz CT molecular complexity index is 569. The third-order valence-corrected chi connectivity index (χ3v) is 2.69. The van der Waals surface area contributed by atoms with Gasteiger partial charge in [-0.2, -0.15) is 0 Å². The molecule has 1 heterocycles. The minimum absolute atomic E-state index is 0.116. The Morgan fingerprint density at radius 1 is 1.53 bits per heavy atom. The Morgan fingerprint density at radius 3 is 2.89 bits per heavy atom. The van der Waals surface area contributed by atoms with Gasteiger partial charge in [-0.25, -0.2) is 9.37 Å². The molecule has 100 valence electrons. The SMILES string of the molecule is COc1ccc(C(=O)N(C)Cc2ncc[nH]2)cc1F. The highest BCUT2D eigenvalue weighted by Gasteiger charge is 2.15. The van der Waals surface area contributed by atoms with Crippen molar-refractivity contribution in [3.63, 3.8) is 0 Å². The average Bonchev–Trinajstić information content (AvgIpc) is 2.90. The number of hydrogen-bond acceptors (Lipinski definition) is 3. The van der Waals surface area contributed by atoms with Crippen LogP contribution < -0.4 is 4.74 Å². The van der Waals surface area contributed by atoms with Crippen molar-refractivity contribution in [2.75, 3.05) is 14.2 Å². The zero-order chi connectivity index (χ0) is 13.8. The molecule has 2 rings (SSSR count). The zero-order valence-electron chi connectivity index (χ0n) is 10.7. The summed E-state index contributed by atoms with van der Waals surface area (Å²) in [5.74, 6) is -0.0484. The summed E-state index contributed by atoms with van der Waals surface area (Å²) in [6, 6.07) is 4.13. The van der Waals surface area contributed by atoms with Gasteiger partial charge < -0.3 is 14.6 Å². The minimum atomic E-state index is -0.556. The summed E-state index contributed by atoms with van der Waals surface area (Å²) in [5.41, 5.74) is 0.271. The lowest BCUT2D eigenvalue weighted by atomic mass is 10.2. The van der Waals surface area contributed by atoms with Crippen molar-refractivity contribution in [3.05, 3.63) is 47.8 Å². The first kappa shape index (κ1) is 13.1. The first-order valence-corrected chi connectivity index (χ1v) is 5.69. The van der Waals surface area contributed by atoms with Crippen LogP contribution in [0.25, 0.3) is 0 Å². The number of nitrogens with one attached hydrogen (secondary N) is 1. The number of H-pyrrole nitrogens is 1. The lowest BCUT2D eigenvalue weighted by Crippen LogP contribution is -2.26. The van der Waals surface area contributed by atoms with Crippen LogP contribution in [-0.2, 0) is 6.54 Å². The van der Waals surface area contributed by atoms with Crippen LogP contribution in [0.2, 0.25) is 0 Å². The molecule has 0 fully saturated rings. The third kappa shape index (κ3) is 2.90. The first-order valence-electron chi connectivity index (χ1n) is 5.69. The number of imidazole rings is 1. The number of hydrogen-bond donors (Lipinski definition) is 1. The van der Waals surface area contributed by atoms with Crippen molar-refractivity contribution in [1.29, 1.82) is 0 Å². The van der Waals surface area contributed by atoms with Gasteiger partial charge in [0.25, 0.3) is 5.91 Å². The molecule has 6 heteroatoms. The summed E-state index contributed by atoms with van der Waals surface area (Å²) in [5, 5.41) is 0. The Balaban J connectivity index is 2.12. The second-order valence-electron chi connectivity index (χ2n) is 4.05. The number of carbonyl (C=O) groups is 1. The molecular weight excluding hydrogens is 249 g/mol. The van der Waals surface area contributed by atoms with E-state index in [1.54, 1.807) is 19.4 Å². The summed E-state index contributed by atoms with van der Waals surface area (Å²) in [4.78, 5) is 20.5. The van der Waals surface area contributed by atoms with Crippen LogP contribution in [0.3, 0.4) is 0 Å². The molecule has 1 N–H and O–H groups in total. The highest BCUT2D eigenvalue weighted by Crippen LogP contribution is 2.18. The van der Waals surface area contributed by atoms with E-state index < -0.39 is 5.82 Å². The number of benzene rings is 1. The second-order valence-corrected chi connectivity index (χ2v) is 4.05. The summed E-state index contributed by atoms with van der Waals surface area (Å²) in [6.45, 7) is 0.333. The van der Waals surface area contributed by atoms with E-state index in [9.17, 15) is 9.18 Å². The van der Waals surface area contributed by atoms with Crippen LogP contribution in [0, 0.1) is 5.82 Å². The lowest BCUT2D eigenvalue weighted by Gasteiger charge is -2.16. The fourth-order valence-electron chi connectivity index (χ4n) is 1.70. The quantitative estimate of drug-likeness (QED) is 0.915. The number of ether oxygens (including phenoxy) is 1. The number of amides is 1. The molecule has 1 aromatic heterocycles. The average molecular weight is 263 g/mol. The first-order chi connectivity index (χ1) is 9.11. The van der Waals surface area contributed by atoms with Crippen molar-refractivity contribution in [2.45, 2.75) is 6.54 Å². The summed E-state index contributed by atoms with van der Waals surface area (Å²) >= 11 is 0. The van der Waals surface area contributed by atoms with Gasteiger partial charge in [0, 0.05) is 25.0 Å². The largest absolute Gasteiger partial charge is 0.494 e. The molecule has 1 aromatic carbocycles.